The zero-order valence-corrected chi connectivity index (χ0v) is 7.19. The van der Waals surface area contributed by atoms with E-state index >= 15 is 0 Å². The summed E-state index contributed by atoms with van der Waals surface area (Å²) in [7, 11) is 0. The maximum atomic E-state index is 10.1. The monoisotopic (exact) mass is 167 g/mol. The third-order valence-electron chi connectivity index (χ3n) is 1.22. The summed E-state index contributed by atoms with van der Waals surface area (Å²) in [5.41, 5.74) is -0.0695. The van der Waals surface area contributed by atoms with Gasteiger partial charge in [-0.25, -0.2) is 0 Å². The van der Waals surface area contributed by atoms with Crippen molar-refractivity contribution in [3.05, 3.63) is 46.7 Å². The van der Waals surface area contributed by atoms with Crippen LogP contribution in [0.15, 0.2) is 36.6 Å². The summed E-state index contributed by atoms with van der Waals surface area (Å²) in [6, 6.07) is 0. The van der Waals surface area contributed by atoms with Crippen molar-refractivity contribution in [1.29, 1.82) is 0 Å². The summed E-state index contributed by atoms with van der Waals surface area (Å²) >= 11 is 0. The first-order valence-electron chi connectivity index (χ1n) is 3.83. The molecule has 0 rings (SSSR count). The van der Waals surface area contributed by atoms with Crippen molar-refractivity contribution in [2.24, 2.45) is 0 Å². The van der Waals surface area contributed by atoms with Crippen molar-refractivity contribution in [3.8, 4) is 0 Å². The van der Waals surface area contributed by atoms with Gasteiger partial charge in [-0.05, 0) is 19.4 Å². The summed E-state index contributed by atoms with van der Waals surface area (Å²) in [6.07, 6.45) is 8.82. The first-order chi connectivity index (χ1) is 5.68. The maximum absolute atomic E-state index is 10.1. The van der Waals surface area contributed by atoms with Gasteiger partial charge < -0.3 is 0 Å². The van der Waals surface area contributed by atoms with E-state index in [4.69, 9.17) is 0 Å². The van der Waals surface area contributed by atoms with Crippen molar-refractivity contribution in [2.45, 2.75) is 19.8 Å². The van der Waals surface area contributed by atoms with Crippen LogP contribution in [0.25, 0.3) is 0 Å². The van der Waals surface area contributed by atoms with E-state index in [2.05, 4.69) is 6.58 Å². The summed E-state index contributed by atoms with van der Waals surface area (Å²) in [4.78, 5) is 9.56. The molecule has 0 atom stereocenters. The van der Waals surface area contributed by atoms with Gasteiger partial charge >= 0.3 is 0 Å². The highest BCUT2D eigenvalue weighted by molar-refractivity contribution is 5.07. The smallest absolute Gasteiger partial charge is 0.258 e. The minimum absolute atomic E-state index is 0.0695. The predicted octanol–water partition coefficient (Wildman–Crippen LogP) is 2.69. The molecule has 0 aliphatic heterocycles. The first-order valence-corrected chi connectivity index (χ1v) is 3.83. The topological polar surface area (TPSA) is 43.1 Å². The Labute approximate surface area is 72.2 Å². The van der Waals surface area contributed by atoms with E-state index in [1.807, 2.05) is 19.1 Å². The fourth-order valence-corrected chi connectivity index (χ4v) is 0.606. The Morgan fingerprint density at radius 2 is 2.17 bits per heavy atom. The molecule has 0 fully saturated rings. The van der Waals surface area contributed by atoms with Gasteiger partial charge in [0.25, 0.3) is 5.70 Å². The van der Waals surface area contributed by atoms with E-state index < -0.39 is 4.92 Å². The molecule has 0 N–H and O–H groups in total. The second-order valence-electron chi connectivity index (χ2n) is 2.27. The van der Waals surface area contributed by atoms with Gasteiger partial charge in [0.05, 0.1) is 4.92 Å². The molecule has 3 nitrogen and oxygen atoms in total. The lowest BCUT2D eigenvalue weighted by Gasteiger charge is -1.85. The van der Waals surface area contributed by atoms with Crippen LogP contribution in [0.2, 0.25) is 0 Å². The SMILES string of the molecule is C=C(/C=C\C/C=C\CC)[N+](=O)[O-]. The number of hydrogen-bond acceptors (Lipinski definition) is 2. The maximum Gasteiger partial charge on any atom is 0.262 e. The van der Waals surface area contributed by atoms with E-state index in [0.29, 0.717) is 0 Å². The Morgan fingerprint density at radius 3 is 2.67 bits per heavy atom. The summed E-state index contributed by atoms with van der Waals surface area (Å²) in [5.74, 6) is 0. The number of nitro groups is 1. The molecule has 0 radical (unpaired) electrons. The third-order valence-corrected chi connectivity index (χ3v) is 1.22. The number of allylic oxidation sites excluding steroid dienone is 4. The Morgan fingerprint density at radius 1 is 1.50 bits per heavy atom. The lowest BCUT2D eigenvalue weighted by atomic mass is 10.3. The van der Waals surface area contributed by atoms with Crippen LogP contribution in [0.5, 0.6) is 0 Å². The van der Waals surface area contributed by atoms with Gasteiger partial charge in [0, 0.05) is 6.08 Å². The highest BCUT2D eigenvalue weighted by atomic mass is 16.6. The molecular weight excluding hydrogens is 154 g/mol. The minimum atomic E-state index is -0.500. The van der Waals surface area contributed by atoms with Crippen LogP contribution in [-0.4, -0.2) is 4.92 Å². The number of nitrogens with zero attached hydrogens (tertiary/aromatic N) is 1. The largest absolute Gasteiger partial charge is 0.262 e. The molecule has 0 bridgehead atoms. The van der Waals surface area contributed by atoms with Crippen LogP contribution in [0.1, 0.15) is 19.8 Å². The second-order valence-corrected chi connectivity index (χ2v) is 2.27. The fraction of sp³-hybridized carbons (Fsp3) is 0.333. The van der Waals surface area contributed by atoms with E-state index in [9.17, 15) is 10.1 Å². The zero-order valence-electron chi connectivity index (χ0n) is 7.19. The Bertz CT molecular complexity index is 217. The molecule has 0 saturated heterocycles. The molecule has 0 spiro atoms. The van der Waals surface area contributed by atoms with E-state index in [1.54, 1.807) is 6.08 Å². The van der Waals surface area contributed by atoms with Gasteiger partial charge in [0.1, 0.15) is 0 Å². The van der Waals surface area contributed by atoms with Crippen molar-refractivity contribution in [1.82, 2.24) is 0 Å². The number of rotatable bonds is 5. The van der Waals surface area contributed by atoms with Gasteiger partial charge in [0.15, 0.2) is 0 Å². The van der Waals surface area contributed by atoms with Crippen molar-refractivity contribution in [3.63, 3.8) is 0 Å². The normalized spacial score (nSPS) is 11.1. The average Bonchev–Trinajstić information content (AvgIpc) is 2.03. The van der Waals surface area contributed by atoms with Crippen molar-refractivity contribution >= 4 is 0 Å². The molecule has 0 unspecified atom stereocenters. The van der Waals surface area contributed by atoms with E-state index in [1.165, 1.54) is 6.08 Å². The molecule has 0 aromatic heterocycles. The molecule has 0 aliphatic carbocycles. The highest BCUT2D eigenvalue weighted by Gasteiger charge is 1.97. The number of hydrogen-bond donors (Lipinski definition) is 0. The van der Waals surface area contributed by atoms with Crippen molar-refractivity contribution in [2.75, 3.05) is 0 Å². The lowest BCUT2D eigenvalue weighted by molar-refractivity contribution is -0.418. The minimum Gasteiger partial charge on any atom is -0.258 e. The quantitative estimate of drug-likeness (QED) is 0.273. The van der Waals surface area contributed by atoms with Gasteiger partial charge in [-0.2, -0.15) is 0 Å². The van der Waals surface area contributed by atoms with E-state index in [-0.39, 0.29) is 5.70 Å². The second kappa shape index (κ2) is 6.34. The first kappa shape index (κ1) is 10.6. The standard InChI is InChI=1S/C9H13NO2/c1-3-4-5-6-7-8-9(2)10(11)12/h4-5,7-8H,2-3,6H2,1H3/b5-4-,8-7-. The molecule has 0 heterocycles. The van der Waals surface area contributed by atoms with Crippen molar-refractivity contribution < 1.29 is 4.92 Å². The third kappa shape index (κ3) is 5.41. The van der Waals surface area contributed by atoms with Gasteiger partial charge in [-0.3, -0.25) is 10.1 Å². The molecule has 66 valence electrons. The molecular formula is C9H13NO2. The molecule has 0 amide bonds. The van der Waals surface area contributed by atoms with Gasteiger partial charge in [-0.1, -0.05) is 25.2 Å². The van der Waals surface area contributed by atoms with Crippen LogP contribution in [0.4, 0.5) is 0 Å². The average molecular weight is 167 g/mol. The van der Waals surface area contributed by atoms with Crippen LogP contribution in [-0.2, 0) is 0 Å². The van der Waals surface area contributed by atoms with Crippen LogP contribution in [0, 0.1) is 10.1 Å². The summed E-state index contributed by atoms with van der Waals surface area (Å²) < 4.78 is 0. The van der Waals surface area contributed by atoms with Crippen LogP contribution < -0.4 is 0 Å². The molecule has 3 heteroatoms. The Kier molecular flexibility index (Phi) is 5.61. The zero-order chi connectivity index (χ0) is 9.40. The Balaban J connectivity index is 3.69. The van der Waals surface area contributed by atoms with Crippen LogP contribution in [0.3, 0.4) is 0 Å². The molecule has 12 heavy (non-hydrogen) atoms. The predicted molar refractivity (Wildman–Crippen MR) is 49.3 cm³/mol. The Hall–Kier alpha value is -1.38. The molecule has 0 aromatic rings. The lowest BCUT2D eigenvalue weighted by Crippen LogP contribution is -1.91. The molecule has 0 saturated carbocycles. The fourth-order valence-electron chi connectivity index (χ4n) is 0.606. The molecule has 0 aliphatic rings. The van der Waals surface area contributed by atoms with Crippen LogP contribution >= 0.6 is 0 Å². The highest BCUT2D eigenvalue weighted by Crippen LogP contribution is 1.95. The van der Waals surface area contributed by atoms with E-state index in [0.717, 1.165) is 12.8 Å². The molecule has 0 aromatic carbocycles. The summed E-state index contributed by atoms with van der Waals surface area (Å²) in [6.45, 7) is 5.30. The van der Waals surface area contributed by atoms with Gasteiger partial charge in [0.2, 0.25) is 0 Å². The summed E-state index contributed by atoms with van der Waals surface area (Å²) in [5, 5.41) is 10.1. The van der Waals surface area contributed by atoms with Gasteiger partial charge in [-0.15, -0.1) is 0 Å².